The SMILES string of the molecule is O=C(O)c1cn(C2CC2)c2cc3cc(F)c(F)cc3cc2c1=O. The van der Waals surface area contributed by atoms with E-state index in [4.69, 9.17) is 0 Å². The van der Waals surface area contributed by atoms with Gasteiger partial charge in [-0.25, -0.2) is 13.6 Å². The normalized spacial score (nSPS) is 14.5. The number of aromatic nitrogens is 1. The molecular formula is C17H11F2NO3. The first-order valence-electron chi connectivity index (χ1n) is 7.16. The second-order valence-electron chi connectivity index (χ2n) is 5.80. The van der Waals surface area contributed by atoms with Crippen molar-refractivity contribution in [2.24, 2.45) is 0 Å². The fourth-order valence-corrected chi connectivity index (χ4v) is 2.90. The third-order valence-electron chi connectivity index (χ3n) is 4.20. The molecule has 0 atom stereocenters. The van der Waals surface area contributed by atoms with Crippen molar-refractivity contribution < 1.29 is 18.7 Å². The Hall–Kier alpha value is -2.76. The molecule has 1 fully saturated rings. The second kappa shape index (κ2) is 4.62. The van der Waals surface area contributed by atoms with Crippen molar-refractivity contribution in [1.29, 1.82) is 0 Å². The van der Waals surface area contributed by atoms with E-state index in [1.165, 1.54) is 12.3 Å². The lowest BCUT2D eigenvalue weighted by atomic mass is 10.0. The summed E-state index contributed by atoms with van der Waals surface area (Å²) in [5.41, 5.74) is -0.386. The van der Waals surface area contributed by atoms with Crippen molar-refractivity contribution in [2.75, 3.05) is 0 Å². The number of hydrogen-bond acceptors (Lipinski definition) is 2. The van der Waals surface area contributed by atoms with Gasteiger partial charge in [0.15, 0.2) is 11.6 Å². The van der Waals surface area contributed by atoms with Gasteiger partial charge in [0.25, 0.3) is 0 Å². The topological polar surface area (TPSA) is 59.3 Å². The summed E-state index contributed by atoms with van der Waals surface area (Å²) in [6.07, 6.45) is 3.13. The third kappa shape index (κ3) is 2.10. The zero-order chi connectivity index (χ0) is 16.3. The smallest absolute Gasteiger partial charge is 0.341 e. The molecule has 4 nitrogen and oxygen atoms in total. The van der Waals surface area contributed by atoms with Crippen LogP contribution in [0.1, 0.15) is 29.2 Å². The number of pyridine rings is 1. The summed E-state index contributed by atoms with van der Waals surface area (Å²) >= 11 is 0. The molecule has 23 heavy (non-hydrogen) atoms. The van der Waals surface area contributed by atoms with Gasteiger partial charge in [0.1, 0.15) is 5.56 Å². The van der Waals surface area contributed by atoms with Crippen LogP contribution in [0.5, 0.6) is 0 Å². The summed E-state index contributed by atoms with van der Waals surface area (Å²) in [6, 6.07) is 5.27. The van der Waals surface area contributed by atoms with E-state index in [1.807, 2.05) is 0 Å². The van der Waals surface area contributed by atoms with Crippen molar-refractivity contribution >= 4 is 27.6 Å². The highest BCUT2D eigenvalue weighted by molar-refractivity contribution is 5.99. The molecule has 1 aromatic heterocycles. The number of fused-ring (bicyclic) bond motifs is 2. The van der Waals surface area contributed by atoms with Crippen LogP contribution in [0.4, 0.5) is 8.78 Å². The van der Waals surface area contributed by atoms with Crippen LogP contribution < -0.4 is 5.43 Å². The minimum Gasteiger partial charge on any atom is -0.477 e. The quantitative estimate of drug-likeness (QED) is 0.737. The highest BCUT2D eigenvalue weighted by Crippen LogP contribution is 2.37. The maximum absolute atomic E-state index is 13.4. The van der Waals surface area contributed by atoms with Crippen LogP contribution in [0.3, 0.4) is 0 Å². The number of halogens is 2. The molecule has 0 saturated heterocycles. The summed E-state index contributed by atoms with van der Waals surface area (Å²) in [7, 11) is 0. The number of carboxylic acids is 1. The Morgan fingerprint density at radius 3 is 2.26 bits per heavy atom. The van der Waals surface area contributed by atoms with E-state index in [0.29, 0.717) is 16.3 Å². The standard InChI is InChI=1S/C17H11F2NO3/c18-13-4-8-3-11-15(6-9(8)5-14(13)19)20(10-1-2-10)7-12(16(11)21)17(22)23/h3-7,10H,1-2H2,(H,22,23). The van der Waals surface area contributed by atoms with Crippen LogP contribution in [-0.2, 0) is 0 Å². The first-order chi connectivity index (χ1) is 11.0. The molecular weight excluding hydrogens is 304 g/mol. The lowest BCUT2D eigenvalue weighted by Gasteiger charge is -2.12. The molecule has 0 unspecified atom stereocenters. The van der Waals surface area contributed by atoms with Crippen LogP contribution in [0.25, 0.3) is 21.7 Å². The molecule has 0 amide bonds. The predicted octanol–water partition coefficient (Wildman–Crippen LogP) is 3.47. The number of hydrogen-bond donors (Lipinski definition) is 1. The van der Waals surface area contributed by atoms with E-state index in [1.54, 1.807) is 10.6 Å². The first kappa shape index (κ1) is 13.9. The van der Waals surface area contributed by atoms with Crippen LogP contribution >= 0.6 is 0 Å². The fourth-order valence-electron chi connectivity index (χ4n) is 2.90. The van der Waals surface area contributed by atoms with Crippen LogP contribution in [0.2, 0.25) is 0 Å². The van der Waals surface area contributed by atoms with Gasteiger partial charge in [-0.1, -0.05) is 0 Å². The van der Waals surface area contributed by atoms with Crippen LogP contribution in [0, 0.1) is 11.6 Å². The Morgan fingerprint density at radius 1 is 1.09 bits per heavy atom. The number of aromatic carboxylic acids is 1. The average Bonchev–Trinajstić information content (AvgIpc) is 3.32. The summed E-state index contributed by atoms with van der Waals surface area (Å²) in [6.45, 7) is 0. The lowest BCUT2D eigenvalue weighted by Crippen LogP contribution is -2.18. The monoisotopic (exact) mass is 315 g/mol. The van der Waals surface area contributed by atoms with Crippen molar-refractivity contribution in [1.82, 2.24) is 4.57 Å². The van der Waals surface area contributed by atoms with E-state index >= 15 is 0 Å². The predicted molar refractivity (Wildman–Crippen MR) is 80.9 cm³/mol. The van der Waals surface area contributed by atoms with Crippen molar-refractivity contribution in [3.8, 4) is 0 Å². The number of benzene rings is 2. The van der Waals surface area contributed by atoms with Gasteiger partial charge in [0, 0.05) is 17.6 Å². The van der Waals surface area contributed by atoms with Crippen LogP contribution in [0.15, 0.2) is 35.3 Å². The van der Waals surface area contributed by atoms with Gasteiger partial charge in [0.05, 0.1) is 5.52 Å². The van der Waals surface area contributed by atoms with Gasteiger partial charge in [-0.15, -0.1) is 0 Å². The number of rotatable bonds is 2. The molecule has 1 heterocycles. The molecule has 0 aliphatic heterocycles. The summed E-state index contributed by atoms with van der Waals surface area (Å²) in [5, 5.41) is 10.3. The average molecular weight is 315 g/mol. The van der Waals surface area contributed by atoms with Gasteiger partial charge in [0.2, 0.25) is 5.43 Å². The zero-order valence-corrected chi connectivity index (χ0v) is 11.8. The van der Waals surface area contributed by atoms with Crippen molar-refractivity contribution in [3.05, 3.63) is 57.9 Å². The minimum atomic E-state index is -1.29. The molecule has 4 rings (SSSR count). The minimum absolute atomic E-state index is 0.138. The van der Waals surface area contributed by atoms with Crippen molar-refractivity contribution in [3.63, 3.8) is 0 Å². The molecule has 0 spiro atoms. The molecule has 2 aromatic carbocycles. The molecule has 116 valence electrons. The molecule has 0 bridgehead atoms. The number of carboxylic acid groups (broad SMARTS) is 1. The van der Waals surface area contributed by atoms with E-state index in [0.717, 1.165) is 25.0 Å². The fraction of sp³-hybridized carbons (Fsp3) is 0.176. The Bertz CT molecular complexity index is 1050. The van der Waals surface area contributed by atoms with Gasteiger partial charge in [-0.3, -0.25) is 4.79 Å². The highest BCUT2D eigenvalue weighted by Gasteiger charge is 2.27. The summed E-state index contributed by atoms with van der Waals surface area (Å²) in [4.78, 5) is 23.7. The van der Waals surface area contributed by atoms with E-state index in [-0.39, 0.29) is 17.0 Å². The van der Waals surface area contributed by atoms with Gasteiger partial charge in [-0.2, -0.15) is 0 Å². The van der Waals surface area contributed by atoms with Crippen molar-refractivity contribution in [2.45, 2.75) is 18.9 Å². The second-order valence-corrected chi connectivity index (χ2v) is 5.80. The Kier molecular flexibility index (Phi) is 2.78. The summed E-state index contributed by atoms with van der Waals surface area (Å²) in [5.74, 6) is -3.26. The summed E-state index contributed by atoms with van der Waals surface area (Å²) < 4.78 is 28.6. The third-order valence-corrected chi connectivity index (χ3v) is 4.20. The number of nitrogens with zero attached hydrogens (tertiary/aromatic N) is 1. The molecule has 1 saturated carbocycles. The molecule has 6 heteroatoms. The number of carbonyl (C=O) groups is 1. The Morgan fingerprint density at radius 2 is 1.70 bits per heavy atom. The van der Waals surface area contributed by atoms with E-state index in [9.17, 15) is 23.5 Å². The highest BCUT2D eigenvalue weighted by atomic mass is 19.2. The molecule has 3 aromatic rings. The largest absolute Gasteiger partial charge is 0.477 e. The van der Waals surface area contributed by atoms with Gasteiger partial charge >= 0.3 is 5.97 Å². The Labute approximate surface area is 128 Å². The van der Waals surface area contributed by atoms with Gasteiger partial charge in [-0.05, 0) is 47.9 Å². The first-order valence-corrected chi connectivity index (χ1v) is 7.16. The van der Waals surface area contributed by atoms with Crippen LogP contribution in [-0.4, -0.2) is 15.6 Å². The maximum atomic E-state index is 13.4. The Balaban J connectivity index is 2.17. The molecule has 1 aliphatic rings. The van der Waals surface area contributed by atoms with E-state index < -0.39 is 23.0 Å². The molecule has 0 radical (unpaired) electrons. The zero-order valence-electron chi connectivity index (χ0n) is 11.8. The van der Waals surface area contributed by atoms with E-state index in [2.05, 4.69) is 0 Å². The van der Waals surface area contributed by atoms with Gasteiger partial charge < -0.3 is 9.67 Å². The lowest BCUT2D eigenvalue weighted by molar-refractivity contribution is 0.0695. The molecule has 1 N–H and O–H groups in total. The maximum Gasteiger partial charge on any atom is 0.341 e. The molecule has 1 aliphatic carbocycles.